The van der Waals surface area contributed by atoms with E-state index < -0.39 is 0 Å². The molecule has 0 aliphatic rings. The highest BCUT2D eigenvalue weighted by Gasteiger charge is 2.04. The second-order valence-corrected chi connectivity index (χ2v) is 6.34. The van der Waals surface area contributed by atoms with Crippen LogP contribution in [0.2, 0.25) is 0 Å². The third kappa shape index (κ3) is 3.94. The minimum absolute atomic E-state index is 0.299. The van der Waals surface area contributed by atoms with Crippen LogP contribution in [0.25, 0.3) is 11.6 Å². The van der Waals surface area contributed by atoms with Crippen LogP contribution < -0.4 is 0 Å². The number of nitriles is 1. The van der Waals surface area contributed by atoms with Crippen molar-refractivity contribution in [3.05, 3.63) is 93.4 Å². The van der Waals surface area contributed by atoms with Crippen molar-refractivity contribution in [1.82, 2.24) is 0 Å². The van der Waals surface area contributed by atoms with E-state index in [-0.39, 0.29) is 5.82 Å². The van der Waals surface area contributed by atoms with Gasteiger partial charge in [-0.15, -0.1) is 11.3 Å². The van der Waals surface area contributed by atoms with E-state index in [1.807, 2.05) is 30.3 Å². The van der Waals surface area contributed by atoms with E-state index in [0.29, 0.717) is 5.57 Å². The maximum atomic E-state index is 13.0. The molecular weight excluding hydrogens is 305 g/mol. The van der Waals surface area contributed by atoms with Crippen molar-refractivity contribution in [2.75, 3.05) is 0 Å². The molecule has 0 saturated carbocycles. The molecule has 1 nitrogen and oxygen atoms in total. The number of hydrogen-bond donors (Lipinski definition) is 0. The number of thiophene rings is 1. The van der Waals surface area contributed by atoms with E-state index in [0.717, 1.165) is 16.9 Å². The van der Waals surface area contributed by atoms with Crippen molar-refractivity contribution in [2.45, 2.75) is 6.42 Å². The predicted molar refractivity (Wildman–Crippen MR) is 93.5 cm³/mol. The van der Waals surface area contributed by atoms with Crippen molar-refractivity contribution in [2.24, 2.45) is 0 Å². The van der Waals surface area contributed by atoms with Gasteiger partial charge in [-0.2, -0.15) is 5.26 Å². The van der Waals surface area contributed by atoms with Gasteiger partial charge in [0.25, 0.3) is 0 Å². The molecule has 0 unspecified atom stereocenters. The van der Waals surface area contributed by atoms with Crippen molar-refractivity contribution in [1.29, 1.82) is 5.26 Å². The van der Waals surface area contributed by atoms with Gasteiger partial charge in [0.05, 0.1) is 11.6 Å². The SMILES string of the molecule is N#C/C(=C\c1ccc(Cc2ccccc2)s1)c1ccc(F)cc1. The van der Waals surface area contributed by atoms with Crippen LogP contribution in [0, 0.1) is 17.1 Å². The van der Waals surface area contributed by atoms with Crippen LogP contribution >= 0.6 is 11.3 Å². The van der Waals surface area contributed by atoms with Crippen LogP contribution in [-0.4, -0.2) is 0 Å². The highest BCUT2D eigenvalue weighted by molar-refractivity contribution is 7.13. The maximum Gasteiger partial charge on any atom is 0.123 e. The Bertz CT molecular complexity index is 855. The highest BCUT2D eigenvalue weighted by Crippen LogP contribution is 2.25. The standard InChI is InChI=1S/C20H14FNS/c21-18-8-6-16(7-9-18)17(14-22)13-20-11-10-19(23-20)12-15-4-2-1-3-5-15/h1-11,13H,12H2/b17-13+. The first-order valence-electron chi connectivity index (χ1n) is 7.25. The second kappa shape index (κ2) is 7.04. The molecule has 3 aromatic rings. The van der Waals surface area contributed by atoms with Crippen LogP contribution in [0.5, 0.6) is 0 Å². The summed E-state index contributed by atoms with van der Waals surface area (Å²) in [7, 11) is 0. The van der Waals surface area contributed by atoms with Gasteiger partial charge in [0.15, 0.2) is 0 Å². The first-order chi connectivity index (χ1) is 11.2. The van der Waals surface area contributed by atoms with Crippen LogP contribution in [0.1, 0.15) is 20.9 Å². The first-order valence-corrected chi connectivity index (χ1v) is 8.06. The lowest BCUT2D eigenvalue weighted by Crippen LogP contribution is -1.82. The van der Waals surface area contributed by atoms with Gasteiger partial charge < -0.3 is 0 Å². The van der Waals surface area contributed by atoms with Crippen LogP contribution in [-0.2, 0) is 6.42 Å². The van der Waals surface area contributed by atoms with E-state index in [9.17, 15) is 9.65 Å². The number of hydrogen-bond acceptors (Lipinski definition) is 2. The molecule has 2 aromatic carbocycles. The Morgan fingerprint density at radius 2 is 1.74 bits per heavy atom. The van der Waals surface area contributed by atoms with Crippen molar-refractivity contribution < 1.29 is 4.39 Å². The number of halogens is 1. The molecule has 0 atom stereocenters. The molecule has 0 bridgehead atoms. The van der Waals surface area contributed by atoms with Gasteiger partial charge in [-0.25, -0.2) is 4.39 Å². The average molecular weight is 319 g/mol. The predicted octanol–water partition coefficient (Wildman–Crippen LogP) is 5.54. The van der Waals surface area contributed by atoms with Gasteiger partial charge in [0.2, 0.25) is 0 Å². The van der Waals surface area contributed by atoms with Gasteiger partial charge >= 0.3 is 0 Å². The third-order valence-electron chi connectivity index (χ3n) is 3.47. The Balaban J connectivity index is 1.81. The average Bonchev–Trinajstić information content (AvgIpc) is 3.01. The molecule has 0 spiro atoms. The summed E-state index contributed by atoms with van der Waals surface area (Å²) in [6.45, 7) is 0. The lowest BCUT2D eigenvalue weighted by atomic mass is 10.1. The topological polar surface area (TPSA) is 23.8 Å². The van der Waals surface area contributed by atoms with E-state index in [1.54, 1.807) is 23.5 Å². The van der Waals surface area contributed by atoms with Gasteiger partial charge in [-0.3, -0.25) is 0 Å². The van der Waals surface area contributed by atoms with Crippen molar-refractivity contribution >= 4 is 23.0 Å². The molecule has 3 heteroatoms. The quantitative estimate of drug-likeness (QED) is 0.579. The van der Waals surface area contributed by atoms with Gasteiger partial charge in [0, 0.05) is 16.2 Å². The van der Waals surface area contributed by atoms with E-state index in [4.69, 9.17) is 0 Å². The molecule has 0 aliphatic carbocycles. The molecule has 0 radical (unpaired) electrons. The summed E-state index contributed by atoms with van der Waals surface area (Å²) in [6, 6.07) is 22.6. The molecule has 3 rings (SSSR count). The molecule has 0 aliphatic heterocycles. The Hall–Kier alpha value is -2.70. The Morgan fingerprint density at radius 3 is 2.43 bits per heavy atom. The zero-order valence-corrected chi connectivity index (χ0v) is 13.2. The van der Waals surface area contributed by atoms with Crippen LogP contribution in [0.4, 0.5) is 4.39 Å². The highest BCUT2D eigenvalue weighted by atomic mass is 32.1. The molecule has 0 fully saturated rings. The van der Waals surface area contributed by atoms with E-state index in [1.165, 1.54) is 22.6 Å². The monoisotopic (exact) mass is 319 g/mol. The van der Waals surface area contributed by atoms with Crippen molar-refractivity contribution in [3.63, 3.8) is 0 Å². The summed E-state index contributed by atoms with van der Waals surface area (Å²) in [4.78, 5) is 2.27. The van der Waals surface area contributed by atoms with Gasteiger partial charge in [-0.05, 0) is 41.5 Å². The Labute approximate surface area is 139 Å². The lowest BCUT2D eigenvalue weighted by Gasteiger charge is -1.98. The van der Waals surface area contributed by atoms with Gasteiger partial charge in [0.1, 0.15) is 5.82 Å². The largest absolute Gasteiger partial charge is 0.207 e. The van der Waals surface area contributed by atoms with Crippen LogP contribution in [0.15, 0.2) is 66.7 Å². The van der Waals surface area contributed by atoms with Crippen LogP contribution in [0.3, 0.4) is 0 Å². The Morgan fingerprint density at radius 1 is 1.00 bits per heavy atom. The smallest absolute Gasteiger partial charge is 0.123 e. The number of benzene rings is 2. The maximum absolute atomic E-state index is 13.0. The number of allylic oxidation sites excluding steroid dienone is 1. The summed E-state index contributed by atoms with van der Waals surface area (Å²) in [5.74, 6) is -0.299. The number of nitrogens with zero attached hydrogens (tertiary/aromatic N) is 1. The molecule has 112 valence electrons. The number of rotatable bonds is 4. The molecule has 23 heavy (non-hydrogen) atoms. The fourth-order valence-corrected chi connectivity index (χ4v) is 3.31. The molecule has 0 amide bonds. The fraction of sp³-hybridized carbons (Fsp3) is 0.0500. The summed E-state index contributed by atoms with van der Waals surface area (Å²) in [5.41, 5.74) is 2.54. The minimum atomic E-state index is -0.299. The molecule has 1 aromatic heterocycles. The summed E-state index contributed by atoms with van der Waals surface area (Å²) >= 11 is 1.67. The zero-order chi connectivity index (χ0) is 16.1. The van der Waals surface area contributed by atoms with Gasteiger partial charge in [-0.1, -0.05) is 42.5 Å². The zero-order valence-electron chi connectivity index (χ0n) is 12.4. The minimum Gasteiger partial charge on any atom is -0.207 e. The van der Waals surface area contributed by atoms with E-state index >= 15 is 0 Å². The fourth-order valence-electron chi connectivity index (χ4n) is 2.32. The van der Waals surface area contributed by atoms with Crippen molar-refractivity contribution in [3.8, 4) is 6.07 Å². The summed E-state index contributed by atoms with van der Waals surface area (Å²) in [5, 5.41) is 9.34. The second-order valence-electron chi connectivity index (χ2n) is 5.14. The summed E-state index contributed by atoms with van der Waals surface area (Å²) < 4.78 is 13.0. The first kappa shape index (κ1) is 15.2. The molecule has 0 N–H and O–H groups in total. The molecule has 0 saturated heterocycles. The Kier molecular flexibility index (Phi) is 4.65. The summed E-state index contributed by atoms with van der Waals surface area (Å²) in [6.07, 6.45) is 2.74. The normalized spacial score (nSPS) is 11.2. The lowest BCUT2D eigenvalue weighted by molar-refractivity contribution is 0.627. The van der Waals surface area contributed by atoms with E-state index in [2.05, 4.69) is 24.3 Å². The third-order valence-corrected chi connectivity index (χ3v) is 4.50. The molecular formula is C20H14FNS. The molecule has 1 heterocycles.